The fourth-order valence-corrected chi connectivity index (χ4v) is 3.38. The summed E-state index contributed by atoms with van der Waals surface area (Å²) in [5.74, 6) is 0.819. The van der Waals surface area contributed by atoms with Crippen LogP contribution in [0.2, 0.25) is 0 Å². The van der Waals surface area contributed by atoms with Gasteiger partial charge in [-0.3, -0.25) is 4.79 Å². The number of anilines is 1. The number of nitrogens with one attached hydrogen (secondary N) is 1. The summed E-state index contributed by atoms with van der Waals surface area (Å²) >= 11 is 1.79. The summed E-state index contributed by atoms with van der Waals surface area (Å²) < 4.78 is 0. The van der Waals surface area contributed by atoms with Crippen molar-refractivity contribution < 1.29 is 4.79 Å². The van der Waals surface area contributed by atoms with Crippen LogP contribution in [0.4, 0.5) is 5.69 Å². The van der Waals surface area contributed by atoms with Gasteiger partial charge in [-0.15, -0.1) is 11.8 Å². The highest BCUT2D eigenvalue weighted by atomic mass is 32.2. The molecule has 0 radical (unpaired) electrons. The molecule has 3 heteroatoms. The van der Waals surface area contributed by atoms with Crippen molar-refractivity contribution in [2.75, 3.05) is 5.32 Å². The van der Waals surface area contributed by atoms with E-state index in [9.17, 15) is 4.79 Å². The Morgan fingerprint density at radius 1 is 0.920 bits per heavy atom. The molecule has 0 saturated carbocycles. The standard InChI is InChI=1S/C22H21NOS/c1-16-8-9-17(2)21(14-16)23-22(24)19-12-10-18(11-13-19)15-25-20-6-4-3-5-7-20/h3-14H,15H2,1-2H3,(H,23,24). The first kappa shape index (κ1) is 17.3. The molecule has 0 bridgehead atoms. The van der Waals surface area contributed by atoms with Gasteiger partial charge in [0, 0.05) is 21.9 Å². The lowest BCUT2D eigenvalue weighted by atomic mass is 10.1. The second-order valence-corrected chi connectivity index (χ2v) is 7.12. The van der Waals surface area contributed by atoms with Gasteiger partial charge in [-0.1, -0.05) is 42.5 Å². The fourth-order valence-electron chi connectivity index (χ4n) is 2.50. The number of carbonyl (C=O) groups excluding carboxylic acids is 1. The molecule has 0 heterocycles. The van der Waals surface area contributed by atoms with Crippen molar-refractivity contribution in [1.29, 1.82) is 0 Å². The zero-order valence-electron chi connectivity index (χ0n) is 14.5. The Morgan fingerprint density at radius 3 is 2.36 bits per heavy atom. The molecule has 25 heavy (non-hydrogen) atoms. The summed E-state index contributed by atoms with van der Waals surface area (Å²) in [7, 11) is 0. The lowest BCUT2D eigenvalue weighted by Crippen LogP contribution is -2.12. The normalized spacial score (nSPS) is 10.5. The summed E-state index contributed by atoms with van der Waals surface area (Å²) in [5.41, 5.74) is 4.95. The number of rotatable bonds is 5. The van der Waals surface area contributed by atoms with E-state index in [-0.39, 0.29) is 5.91 Å². The number of hydrogen-bond acceptors (Lipinski definition) is 2. The van der Waals surface area contributed by atoms with E-state index < -0.39 is 0 Å². The van der Waals surface area contributed by atoms with Gasteiger partial charge in [-0.05, 0) is 60.9 Å². The van der Waals surface area contributed by atoms with Gasteiger partial charge >= 0.3 is 0 Å². The monoisotopic (exact) mass is 347 g/mol. The third-order valence-electron chi connectivity index (χ3n) is 4.01. The Balaban J connectivity index is 1.63. The lowest BCUT2D eigenvalue weighted by molar-refractivity contribution is 0.102. The first-order valence-corrected chi connectivity index (χ1v) is 9.26. The number of amides is 1. The van der Waals surface area contributed by atoms with Crippen molar-refractivity contribution in [2.45, 2.75) is 24.5 Å². The summed E-state index contributed by atoms with van der Waals surface area (Å²) in [6.45, 7) is 4.02. The molecule has 3 aromatic rings. The highest BCUT2D eigenvalue weighted by Gasteiger charge is 2.08. The Kier molecular flexibility index (Phi) is 5.56. The van der Waals surface area contributed by atoms with E-state index in [1.54, 1.807) is 11.8 Å². The van der Waals surface area contributed by atoms with Crippen LogP contribution in [0, 0.1) is 13.8 Å². The summed E-state index contributed by atoms with van der Waals surface area (Å²) in [6, 6.07) is 24.2. The van der Waals surface area contributed by atoms with Crippen molar-refractivity contribution in [3.63, 3.8) is 0 Å². The maximum atomic E-state index is 12.5. The first-order chi connectivity index (χ1) is 12.1. The zero-order chi connectivity index (χ0) is 17.6. The third-order valence-corrected chi connectivity index (χ3v) is 5.09. The number of aryl methyl sites for hydroxylation is 2. The molecule has 2 nitrogen and oxygen atoms in total. The van der Waals surface area contributed by atoms with Gasteiger partial charge in [0.15, 0.2) is 0 Å². The SMILES string of the molecule is Cc1ccc(C)c(NC(=O)c2ccc(CSc3ccccc3)cc2)c1. The smallest absolute Gasteiger partial charge is 0.255 e. The Bertz CT molecular complexity index is 857. The van der Waals surface area contributed by atoms with Crippen molar-refractivity contribution in [1.82, 2.24) is 0 Å². The van der Waals surface area contributed by atoms with Gasteiger partial charge in [0.25, 0.3) is 5.91 Å². The Labute approximate surface area is 153 Å². The van der Waals surface area contributed by atoms with Crippen LogP contribution in [0.5, 0.6) is 0 Å². The molecule has 3 rings (SSSR count). The quantitative estimate of drug-likeness (QED) is 0.587. The molecule has 0 saturated heterocycles. The minimum absolute atomic E-state index is 0.0732. The molecule has 3 aromatic carbocycles. The minimum atomic E-state index is -0.0732. The molecule has 0 aliphatic rings. The highest BCUT2D eigenvalue weighted by molar-refractivity contribution is 7.98. The van der Waals surface area contributed by atoms with Crippen LogP contribution >= 0.6 is 11.8 Å². The van der Waals surface area contributed by atoms with Crippen LogP contribution < -0.4 is 5.32 Å². The van der Waals surface area contributed by atoms with Gasteiger partial charge < -0.3 is 5.32 Å². The molecule has 0 aliphatic carbocycles. The van der Waals surface area contributed by atoms with Crippen molar-refractivity contribution in [3.05, 3.63) is 95.1 Å². The number of carbonyl (C=O) groups is 1. The van der Waals surface area contributed by atoms with Crippen molar-refractivity contribution >= 4 is 23.4 Å². The largest absolute Gasteiger partial charge is 0.322 e. The van der Waals surface area contributed by atoms with E-state index >= 15 is 0 Å². The predicted molar refractivity (Wildman–Crippen MR) is 106 cm³/mol. The number of benzene rings is 3. The van der Waals surface area contributed by atoms with Crippen LogP contribution in [-0.2, 0) is 5.75 Å². The topological polar surface area (TPSA) is 29.1 Å². The molecule has 1 amide bonds. The van der Waals surface area contributed by atoms with Crippen molar-refractivity contribution in [2.24, 2.45) is 0 Å². The average Bonchev–Trinajstić information content (AvgIpc) is 2.64. The van der Waals surface area contributed by atoms with Crippen LogP contribution in [0.1, 0.15) is 27.0 Å². The zero-order valence-corrected chi connectivity index (χ0v) is 15.3. The molecule has 0 unspecified atom stereocenters. The fraction of sp³-hybridized carbons (Fsp3) is 0.136. The molecule has 0 spiro atoms. The van der Waals surface area contributed by atoms with E-state index in [1.165, 1.54) is 10.5 Å². The Hall–Kier alpha value is -2.52. The van der Waals surface area contributed by atoms with Crippen LogP contribution in [-0.4, -0.2) is 5.91 Å². The molecule has 0 aromatic heterocycles. The molecular weight excluding hydrogens is 326 g/mol. The van der Waals surface area contributed by atoms with E-state index in [0.717, 1.165) is 22.6 Å². The van der Waals surface area contributed by atoms with Gasteiger partial charge in [-0.25, -0.2) is 0 Å². The molecule has 0 aliphatic heterocycles. The van der Waals surface area contributed by atoms with Gasteiger partial charge in [0.05, 0.1) is 0 Å². The maximum Gasteiger partial charge on any atom is 0.255 e. The third kappa shape index (κ3) is 4.74. The highest BCUT2D eigenvalue weighted by Crippen LogP contribution is 2.23. The summed E-state index contributed by atoms with van der Waals surface area (Å²) in [5, 5.41) is 3.00. The van der Waals surface area contributed by atoms with Crippen LogP contribution in [0.25, 0.3) is 0 Å². The van der Waals surface area contributed by atoms with Gasteiger partial charge in [-0.2, -0.15) is 0 Å². The minimum Gasteiger partial charge on any atom is -0.322 e. The van der Waals surface area contributed by atoms with Crippen molar-refractivity contribution in [3.8, 4) is 0 Å². The summed E-state index contributed by atoms with van der Waals surface area (Å²) in [6.07, 6.45) is 0. The number of hydrogen-bond donors (Lipinski definition) is 1. The van der Waals surface area contributed by atoms with Gasteiger partial charge in [0.2, 0.25) is 0 Å². The second kappa shape index (κ2) is 8.04. The van der Waals surface area contributed by atoms with E-state index in [2.05, 4.69) is 17.4 Å². The van der Waals surface area contributed by atoms with Crippen LogP contribution in [0.3, 0.4) is 0 Å². The number of thioether (sulfide) groups is 1. The maximum absolute atomic E-state index is 12.5. The predicted octanol–water partition coefficient (Wildman–Crippen LogP) is 5.85. The Morgan fingerprint density at radius 2 is 1.64 bits per heavy atom. The van der Waals surface area contributed by atoms with E-state index in [4.69, 9.17) is 0 Å². The summed E-state index contributed by atoms with van der Waals surface area (Å²) in [4.78, 5) is 13.7. The first-order valence-electron chi connectivity index (χ1n) is 8.27. The molecule has 0 fully saturated rings. The molecular formula is C22H21NOS. The van der Waals surface area contributed by atoms with Gasteiger partial charge in [0.1, 0.15) is 0 Å². The second-order valence-electron chi connectivity index (χ2n) is 6.07. The van der Waals surface area contributed by atoms with E-state index in [0.29, 0.717) is 5.56 Å². The average molecular weight is 347 g/mol. The molecule has 126 valence electrons. The van der Waals surface area contributed by atoms with E-state index in [1.807, 2.05) is 74.5 Å². The molecule has 0 atom stereocenters. The molecule has 1 N–H and O–H groups in total. The van der Waals surface area contributed by atoms with Crippen LogP contribution in [0.15, 0.2) is 77.7 Å². The lowest BCUT2D eigenvalue weighted by Gasteiger charge is -2.10.